The molecule has 1 aromatic rings. The monoisotopic (exact) mass is 329 g/mol. The summed E-state index contributed by atoms with van der Waals surface area (Å²) < 4.78 is 0. The Labute approximate surface area is 144 Å². The van der Waals surface area contributed by atoms with E-state index in [1.165, 1.54) is 30.4 Å². The number of nitrogens with one attached hydrogen (secondary N) is 1. The quantitative estimate of drug-likeness (QED) is 0.816. The molecule has 1 heterocycles. The average Bonchev–Trinajstić information content (AvgIpc) is 2.58. The number of amides is 2. The van der Waals surface area contributed by atoms with Crippen LogP contribution in [-0.2, 0) is 9.59 Å². The van der Waals surface area contributed by atoms with Gasteiger partial charge in [-0.3, -0.25) is 9.59 Å². The summed E-state index contributed by atoms with van der Waals surface area (Å²) in [5.41, 5.74) is 1.91. The molecule has 1 fully saturated rings. The zero-order chi connectivity index (χ0) is 17.5. The largest absolute Gasteiger partial charge is 0.372 e. The van der Waals surface area contributed by atoms with Gasteiger partial charge in [0.25, 0.3) is 0 Å². The van der Waals surface area contributed by atoms with Gasteiger partial charge in [-0.2, -0.15) is 0 Å². The van der Waals surface area contributed by atoms with E-state index in [0.717, 1.165) is 24.7 Å². The fourth-order valence-corrected chi connectivity index (χ4v) is 2.88. The summed E-state index contributed by atoms with van der Waals surface area (Å²) >= 11 is 0. The van der Waals surface area contributed by atoms with Crippen molar-refractivity contribution < 1.29 is 9.59 Å². The SMILES string of the molecule is C=CCNC(=O)CN(C(C)=O)c1ccc(N2CCC(C)CC2)cc1. The molecule has 130 valence electrons. The molecule has 2 rings (SSSR count). The van der Waals surface area contributed by atoms with Crippen LogP contribution < -0.4 is 15.1 Å². The minimum absolute atomic E-state index is 0.0176. The molecular formula is C19H27N3O2. The van der Waals surface area contributed by atoms with Crippen LogP contribution in [0.5, 0.6) is 0 Å². The van der Waals surface area contributed by atoms with E-state index in [-0.39, 0.29) is 18.4 Å². The van der Waals surface area contributed by atoms with Crippen LogP contribution in [-0.4, -0.2) is 38.0 Å². The van der Waals surface area contributed by atoms with Gasteiger partial charge in [-0.05, 0) is 43.0 Å². The zero-order valence-corrected chi connectivity index (χ0v) is 14.6. The molecule has 1 aromatic carbocycles. The van der Waals surface area contributed by atoms with E-state index in [2.05, 4.69) is 23.7 Å². The van der Waals surface area contributed by atoms with Crippen molar-refractivity contribution in [1.82, 2.24) is 5.32 Å². The topological polar surface area (TPSA) is 52.7 Å². The van der Waals surface area contributed by atoms with Crippen molar-refractivity contribution >= 4 is 23.2 Å². The fraction of sp³-hybridized carbons (Fsp3) is 0.474. The molecule has 0 aliphatic carbocycles. The first kappa shape index (κ1) is 18.0. The van der Waals surface area contributed by atoms with Gasteiger partial charge in [0.1, 0.15) is 6.54 Å². The highest BCUT2D eigenvalue weighted by molar-refractivity contribution is 5.97. The maximum atomic E-state index is 11.9. The number of hydrogen-bond donors (Lipinski definition) is 1. The molecule has 2 amide bonds. The van der Waals surface area contributed by atoms with Crippen molar-refractivity contribution in [2.24, 2.45) is 5.92 Å². The van der Waals surface area contributed by atoms with Gasteiger partial charge in [0.2, 0.25) is 11.8 Å². The van der Waals surface area contributed by atoms with Gasteiger partial charge in [0.15, 0.2) is 0 Å². The molecule has 0 saturated carbocycles. The van der Waals surface area contributed by atoms with E-state index < -0.39 is 0 Å². The van der Waals surface area contributed by atoms with E-state index in [0.29, 0.717) is 6.54 Å². The minimum Gasteiger partial charge on any atom is -0.372 e. The first-order valence-corrected chi connectivity index (χ1v) is 8.52. The Bertz CT molecular complexity index is 575. The summed E-state index contributed by atoms with van der Waals surface area (Å²) in [5.74, 6) is 0.449. The number of nitrogens with zero attached hydrogens (tertiary/aromatic N) is 2. The third-order valence-corrected chi connectivity index (χ3v) is 4.44. The number of carbonyl (C=O) groups is 2. The number of hydrogen-bond acceptors (Lipinski definition) is 3. The first-order valence-electron chi connectivity index (χ1n) is 8.52. The molecule has 5 heteroatoms. The Morgan fingerprint density at radius 1 is 1.29 bits per heavy atom. The molecule has 5 nitrogen and oxygen atoms in total. The Balaban J connectivity index is 2.04. The lowest BCUT2D eigenvalue weighted by molar-refractivity contribution is -0.122. The summed E-state index contributed by atoms with van der Waals surface area (Å²) in [6.45, 7) is 9.89. The van der Waals surface area contributed by atoms with E-state index in [9.17, 15) is 9.59 Å². The highest BCUT2D eigenvalue weighted by Gasteiger charge is 2.18. The van der Waals surface area contributed by atoms with Crippen LogP contribution >= 0.6 is 0 Å². The average molecular weight is 329 g/mol. The molecule has 0 bridgehead atoms. The van der Waals surface area contributed by atoms with Gasteiger partial charge in [-0.1, -0.05) is 13.0 Å². The summed E-state index contributed by atoms with van der Waals surface area (Å²) in [6, 6.07) is 7.89. The molecule has 1 saturated heterocycles. The van der Waals surface area contributed by atoms with Crippen molar-refractivity contribution in [3.63, 3.8) is 0 Å². The lowest BCUT2D eigenvalue weighted by Crippen LogP contribution is -2.40. The highest BCUT2D eigenvalue weighted by Crippen LogP contribution is 2.25. The summed E-state index contributed by atoms with van der Waals surface area (Å²) in [5, 5.41) is 2.70. The van der Waals surface area contributed by atoms with Gasteiger partial charge in [-0.15, -0.1) is 6.58 Å². The lowest BCUT2D eigenvalue weighted by atomic mass is 9.99. The molecule has 0 spiro atoms. The number of carbonyl (C=O) groups excluding carboxylic acids is 2. The third kappa shape index (κ3) is 4.85. The fourth-order valence-electron chi connectivity index (χ4n) is 2.88. The van der Waals surface area contributed by atoms with Crippen LogP contribution in [0.4, 0.5) is 11.4 Å². The van der Waals surface area contributed by atoms with Crippen molar-refractivity contribution in [3.8, 4) is 0 Å². The maximum absolute atomic E-state index is 11.9. The van der Waals surface area contributed by atoms with Crippen molar-refractivity contribution in [3.05, 3.63) is 36.9 Å². The first-order chi connectivity index (χ1) is 11.5. The Morgan fingerprint density at radius 3 is 2.46 bits per heavy atom. The van der Waals surface area contributed by atoms with Gasteiger partial charge in [-0.25, -0.2) is 0 Å². The molecular weight excluding hydrogens is 302 g/mol. The molecule has 0 aromatic heterocycles. The second kappa shape index (κ2) is 8.52. The molecule has 0 radical (unpaired) electrons. The van der Waals surface area contributed by atoms with E-state index in [1.54, 1.807) is 6.08 Å². The van der Waals surface area contributed by atoms with Crippen molar-refractivity contribution in [2.75, 3.05) is 36.0 Å². The molecule has 1 aliphatic heterocycles. The smallest absolute Gasteiger partial charge is 0.240 e. The van der Waals surface area contributed by atoms with Crippen LogP contribution in [0.25, 0.3) is 0 Å². The van der Waals surface area contributed by atoms with Gasteiger partial charge < -0.3 is 15.1 Å². The number of benzene rings is 1. The number of piperidine rings is 1. The van der Waals surface area contributed by atoms with E-state index >= 15 is 0 Å². The third-order valence-electron chi connectivity index (χ3n) is 4.44. The Hall–Kier alpha value is -2.30. The minimum atomic E-state index is -0.195. The second-order valence-electron chi connectivity index (χ2n) is 6.38. The molecule has 1 N–H and O–H groups in total. The second-order valence-corrected chi connectivity index (χ2v) is 6.38. The zero-order valence-electron chi connectivity index (χ0n) is 14.6. The standard InChI is InChI=1S/C19H27N3O2/c1-4-11-20-19(24)14-22(16(3)23)18-7-5-17(6-8-18)21-12-9-15(2)10-13-21/h4-8,15H,1,9-14H2,2-3H3,(H,20,24). The Kier molecular flexibility index (Phi) is 6.41. The van der Waals surface area contributed by atoms with Crippen LogP contribution in [0.15, 0.2) is 36.9 Å². The summed E-state index contributed by atoms with van der Waals surface area (Å²) in [4.78, 5) is 27.6. The molecule has 24 heavy (non-hydrogen) atoms. The van der Waals surface area contributed by atoms with Gasteiger partial charge >= 0.3 is 0 Å². The van der Waals surface area contributed by atoms with Crippen LogP contribution in [0, 0.1) is 5.92 Å². The number of anilines is 2. The van der Waals surface area contributed by atoms with Gasteiger partial charge in [0, 0.05) is 37.9 Å². The van der Waals surface area contributed by atoms with E-state index in [1.807, 2.05) is 24.3 Å². The lowest BCUT2D eigenvalue weighted by Gasteiger charge is -2.32. The van der Waals surface area contributed by atoms with Crippen molar-refractivity contribution in [1.29, 1.82) is 0 Å². The van der Waals surface area contributed by atoms with Gasteiger partial charge in [0.05, 0.1) is 0 Å². The molecule has 0 atom stereocenters. The highest BCUT2D eigenvalue weighted by atomic mass is 16.2. The molecule has 1 aliphatic rings. The van der Waals surface area contributed by atoms with Crippen LogP contribution in [0.3, 0.4) is 0 Å². The predicted octanol–water partition coefficient (Wildman–Crippen LogP) is 2.58. The van der Waals surface area contributed by atoms with Crippen LogP contribution in [0.2, 0.25) is 0 Å². The molecule has 0 unspecified atom stereocenters. The van der Waals surface area contributed by atoms with Crippen LogP contribution in [0.1, 0.15) is 26.7 Å². The number of rotatable bonds is 6. The van der Waals surface area contributed by atoms with E-state index in [4.69, 9.17) is 0 Å². The predicted molar refractivity (Wildman–Crippen MR) is 98.3 cm³/mol. The van der Waals surface area contributed by atoms with Crippen molar-refractivity contribution in [2.45, 2.75) is 26.7 Å². The summed E-state index contributed by atoms with van der Waals surface area (Å²) in [7, 11) is 0. The maximum Gasteiger partial charge on any atom is 0.240 e. The Morgan fingerprint density at radius 2 is 1.92 bits per heavy atom. The normalized spacial score (nSPS) is 15.0. The summed E-state index contributed by atoms with van der Waals surface area (Å²) in [6.07, 6.45) is 4.04.